The number of aliphatic carboxylic acids is 1. The molecule has 2 N–H and O–H groups in total. The van der Waals surface area contributed by atoms with E-state index >= 15 is 0 Å². The molecule has 0 unspecified atom stereocenters. The van der Waals surface area contributed by atoms with Crippen LogP contribution >= 0.6 is 0 Å². The Balaban J connectivity index is 1.96. The molecule has 0 aliphatic heterocycles. The molecular formula is C15H16F3NO4. The van der Waals surface area contributed by atoms with Gasteiger partial charge in [-0.05, 0) is 18.9 Å². The Hall–Kier alpha value is -2.25. The first-order chi connectivity index (χ1) is 10.7. The van der Waals surface area contributed by atoms with Gasteiger partial charge in [0.25, 0.3) is 0 Å². The highest BCUT2D eigenvalue weighted by atomic mass is 19.4. The molecule has 1 aliphatic carbocycles. The van der Waals surface area contributed by atoms with E-state index in [-0.39, 0.29) is 18.5 Å². The van der Waals surface area contributed by atoms with E-state index in [4.69, 9.17) is 5.11 Å². The van der Waals surface area contributed by atoms with Crippen molar-refractivity contribution in [3.05, 3.63) is 29.8 Å². The van der Waals surface area contributed by atoms with Crippen LogP contribution in [0.2, 0.25) is 0 Å². The van der Waals surface area contributed by atoms with Gasteiger partial charge < -0.3 is 15.2 Å². The van der Waals surface area contributed by atoms with E-state index < -0.39 is 29.4 Å². The number of ether oxygens (including phenoxy) is 1. The van der Waals surface area contributed by atoms with Crippen LogP contribution < -0.4 is 10.1 Å². The number of halogens is 3. The van der Waals surface area contributed by atoms with Crippen molar-refractivity contribution >= 4 is 11.9 Å². The van der Waals surface area contributed by atoms with E-state index in [0.717, 1.165) is 12.5 Å². The fraction of sp³-hybridized carbons (Fsp3) is 0.467. The third-order valence-corrected chi connectivity index (χ3v) is 3.94. The summed E-state index contributed by atoms with van der Waals surface area (Å²) in [6.07, 6.45) is -3.38. The first-order valence-corrected chi connectivity index (χ1v) is 7.06. The van der Waals surface area contributed by atoms with Gasteiger partial charge in [0.2, 0.25) is 5.91 Å². The summed E-state index contributed by atoms with van der Waals surface area (Å²) < 4.78 is 40.8. The smallest absolute Gasteiger partial charge is 0.481 e. The molecule has 0 atom stereocenters. The number of rotatable bonds is 6. The molecule has 0 spiro atoms. The molecule has 8 heteroatoms. The maximum absolute atomic E-state index is 12.3. The molecule has 1 aromatic carbocycles. The number of para-hydroxylation sites is 1. The Morgan fingerprint density at radius 2 is 1.91 bits per heavy atom. The predicted octanol–water partition coefficient (Wildman–Crippen LogP) is 2.85. The van der Waals surface area contributed by atoms with Gasteiger partial charge >= 0.3 is 12.3 Å². The van der Waals surface area contributed by atoms with Crippen molar-refractivity contribution in [1.29, 1.82) is 0 Å². The molecule has 0 radical (unpaired) electrons. The topological polar surface area (TPSA) is 75.6 Å². The number of carboxylic acids is 1. The number of nitrogens with one attached hydrogen (secondary N) is 1. The maximum atomic E-state index is 12.3. The molecule has 1 amide bonds. The lowest BCUT2D eigenvalue weighted by molar-refractivity contribution is -0.274. The molecule has 1 aromatic rings. The minimum absolute atomic E-state index is 0.163. The van der Waals surface area contributed by atoms with Crippen LogP contribution in [0.1, 0.15) is 31.2 Å². The fourth-order valence-electron chi connectivity index (χ4n) is 2.51. The summed E-state index contributed by atoms with van der Waals surface area (Å²) in [4.78, 5) is 23.1. The van der Waals surface area contributed by atoms with Gasteiger partial charge in [-0.25, -0.2) is 0 Å². The lowest BCUT2D eigenvalue weighted by Gasteiger charge is -2.36. The Labute approximate surface area is 130 Å². The standard InChI is InChI=1S/C15H16F3NO4/c16-15(17,18)23-11-5-2-1-4-10(11)9-19-12(20)8-14(13(21)22)6-3-7-14/h1-2,4-5H,3,6-9H2,(H,19,20)(H,21,22). The van der Waals surface area contributed by atoms with Gasteiger partial charge in [-0.3, -0.25) is 9.59 Å². The van der Waals surface area contributed by atoms with E-state index in [9.17, 15) is 22.8 Å². The number of amides is 1. The molecule has 0 saturated heterocycles. The number of alkyl halides is 3. The highest BCUT2D eigenvalue weighted by Gasteiger charge is 2.45. The molecule has 5 nitrogen and oxygen atoms in total. The van der Waals surface area contributed by atoms with Crippen molar-refractivity contribution in [3.8, 4) is 5.75 Å². The summed E-state index contributed by atoms with van der Waals surface area (Å²) in [6, 6.07) is 5.47. The number of hydrogen-bond acceptors (Lipinski definition) is 3. The zero-order valence-corrected chi connectivity index (χ0v) is 12.2. The van der Waals surface area contributed by atoms with Gasteiger partial charge in [-0.1, -0.05) is 24.6 Å². The Morgan fingerprint density at radius 3 is 2.43 bits per heavy atom. The van der Waals surface area contributed by atoms with Crippen LogP contribution in [0.4, 0.5) is 13.2 Å². The Kier molecular flexibility index (Phi) is 4.82. The highest BCUT2D eigenvalue weighted by molar-refractivity contribution is 5.85. The average molecular weight is 331 g/mol. The second kappa shape index (κ2) is 6.47. The van der Waals surface area contributed by atoms with Gasteiger partial charge in [0, 0.05) is 18.5 Å². The monoisotopic (exact) mass is 331 g/mol. The SMILES string of the molecule is O=C(CC1(C(=O)O)CCC1)NCc1ccccc1OC(F)(F)F. The molecule has 1 saturated carbocycles. The number of carbonyl (C=O) groups is 2. The van der Waals surface area contributed by atoms with Gasteiger partial charge in [-0.15, -0.1) is 13.2 Å². The summed E-state index contributed by atoms with van der Waals surface area (Å²) >= 11 is 0. The second-order valence-electron chi connectivity index (χ2n) is 5.55. The van der Waals surface area contributed by atoms with Crippen molar-refractivity contribution in [2.45, 2.75) is 38.6 Å². The molecule has 1 fully saturated rings. The van der Waals surface area contributed by atoms with E-state index in [0.29, 0.717) is 12.8 Å². The summed E-state index contributed by atoms with van der Waals surface area (Å²) in [6.45, 7) is -0.166. The van der Waals surface area contributed by atoms with Gasteiger partial charge in [0.15, 0.2) is 0 Å². The van der Waals surface area contributed by atoms with Crippen LogP contribution in [0.25, 0.3) is 0 Å². The van der Waals surface area contributed by atoms with Crippen molar-refractivity contribution < 1.29 is 32.6 Å². The van der Waals surface area contributed by atoms with Crippen molar-refractivity contribution in [2.75, 3.05) is 0 Å². The van der Waals surface area contributed by atoms with Gasteiger partial charge in [0.1, 0.15) is 5.75 Å². The van der Waals surface area contributed by atoms with Crippen molar-refractivity contribution in [3.63, 3.8) is 0 Å². The van der Waals surface area contributed by atoms with Crippen molar-refractivity contribution in [2.24, 2.45) is 5.41 Å². The van der Waals surface area contributed by atoms with Crippen LogP contribution in [-0.2, 0) is 16.1 Å². The Morgan fingerprint density at radius 1 is 1.26 bits per heavy atom. The average Bonchev–Trinajstić information content (AvgIpc) is 2.39. The molecule has 0 aromatic heterocycles. The Bertz CT molecular complexity index is 597. The zero-order chi connectivity index (χ0) is 17.1. The molecule has 2 rings (SSSR count). The summed E-state index contributed by atoms with van der Waals surface area (Å²) in [7, 11) is 0. The third kappa shape index (κ3) is 4.37. The third-order valence-electron chi connectivity index (χ3n) is 3.94. The maximum Gasteiger partial charge on any atom is 0.573 e. The van der Waals surface area contributed by atoms with Crippen LogP contribution in [-0.4, -0.2) is 23.3 Å². The fourth-order valence-corrected chi connectivity index (χ4v) is 2.51. The number of benzene rings is 1. The molecule has 126 valence electrons. The molecule has 0 heterocycles. The van der Waals surface area contributed by atoms with E-state index in [1.807, 2.05) is 0 Å². The summed E-state index contributed by atoms with van der Waals surface area (Å²) in [5.41, 5.74) is -0.873. The predicted molar refractivity (Wildman–Crippen MR) is 73.5 cm³/mol. The van der Waals surface area contributed by atoms with Crippen LogP contribution in [0.3, 0.4) is 0 Å². The molecular weight excluding hydrogens is 315 g/mol. The first-order valence-electron chi connectivity index (χ1n) is 7.06. The largest absolute Gasteiger partial charge is 0.573 e. The minimum atomic E-state index is -4.82. The summed E-state index contributed by atoms with van der Waals surface area (Å²) in [5.74, 6) is -1.91. The quantitative estimate of drug-likeness (QED) is 0.840. The lowest BCUT2D eigenvalue weighted by atomic mass is 9.66. The van der Waals surface area contributed by atoms with Crippen LogP contribution in [0.5, 0.6) is 5.75 Å². The summed E-state index contributed by atoms with van der Waals surface area (Å²) in [5, 5.41) is 11.6. The molecule has 23 heavy (non-hydrogen) atoms. The van der Waals surface area contributed by atoms with Gasteiger partial charge in [-0.2, -0.15) is 0 Å². The highest BCUT2D eigenvalue weighted by Crippen LogP contribution is 2.44. The number of carboxylic acid groups (broad SMARTS) is 1. The van der Waals surface area contributed by atoms with Crippen LogP contribution in [0, 0.1) is 5.41 Å². The minimum Gasteiger partial charge on any atom is -0.481 e. The first kappa shape index (κ1) is 17.1. The number of hydrogen-bond donors (Lipinski definition) is 2. The van der Waals surface area contributed by atoms with E-state index in [1.54, 1.807) is 0 Å². The second-order valence-corrected chi connectivity index (χ2v) is 5.55. The molecule has 0 bridgehead atoms. The van der Waals surface area contributed by atoms with Gasteiger partial charge in [0.05, 0.1) is 5.41 Å². The van der Waals surface area contributed by atoms with Crippen molar-refractivity contribution in [1.82, 2.24) is 5.32 Å². The molecule has 1 aliphatic rings. The van der Waals surface area contributed by atoms with Crippen LogP contribution in [0.15, 0.2) is 24.3 Å². The zero-order valence-electron chi connectivity index (χ0n) is 12.2. The normalized spacial score (nSPS) is 16.3. The lowest BCUT2D eigenvalue weighted by Crippen LogP contribution is -2.42. The van der Waals surface area contributed by atoms with E-state index in [2.05, 4.69) is 10.1 Å². The van der Waals surface area contributed by atoms with E-state index in [1.165, 1.54) is 18.2 Å². The number of carbonyl (C=O) groups excluding carboxylic acids is 1.